The standard InChI is InChI=1S/C12H25N3/c1-2-3-4-7-14-10-12(11-14)15-8-5-13-6-9-15/h12-13H,2-11H2,1H3. The van der Waals surface area contributed by atoms with Crippen LogP contribution in [0.5, 0.6) is 0 Å². The lowest BCUT2D eigenvalue weighted by atomic mass is 10.1. The van der Waals surface area contributed by atoms with E-state index in [1.807, 2.05) is 0 Å². The van der Waals surface area contributed by atoms with Crippen LogP contribution in [-0.4, -0.2) is 61.7 Å². The Labute approximate surface area is 93.8 Å². The highest BCUT2D eigenvalue weighted by atomic mass is 15.3. The zero-order valence-corrected chi connectivity index (χ0v) is 10.0. The third-order valence-electron chi connectivity index (χ3n) is 3.68. The first-order valence-corrected chi connectivity index (χ1v) is 6.57. The van der Waals surface area contributed by atoms with Crippen LogP contribution in [-0.2, 0) is 0 Å². The molecule has 0 bridgehead atoms. The summed E-state index contributed by atoms with van der Waals surface area (Å²) in [4.78, 5) is 5.27. The van der Waals surface area contributed by atoms with Gasteiger partial charge in [0.25, 0.3) is 0 Å². The molecule has 3 nitrogen and oxygen atoms in total. The molecule has 2 aliphatic heterocycles. The van der Waals surface area contributed by atoms with Crippen LogP contribution in [0, 0.1) is 0 Å². The molecule has 0 aromatic heterocycles. The van der Waals surface area contributed by atoms with Crippen molar-refractivity contribution < 1.29 is 0 Å². The molecule has 15 heavy (non-hydrogen) atoms. The number of nitrogens with zero attached hydrogens (tertiary/aromatic N) is 2. The fourth-order valence-corrected chi connectivity index (χ4v) is 2.59. The second-order valence-corrected chi connectivity index (χ2v) is 4.91. The van der Waals surface area contributed by atoms with Crippen molar-refractivity contribution in [3.05, 3.63) is 0 Å². The fourth-order valence-electron chi connectivity index (χ4n) is 2.59. The molecule has 0 aromatic carbocycles. The van der Waals surface area contributed by atoms with Crippen molar-refractivity contribution in [1.82, 2.24) is 15.1 Å². The van der Waals surface area contributed by atoms with E-state index >= 15 is 0 Å². The van der Waals surface area contributed by atoms with E-state index in [9.17, 15) is 0 Å². The van der Waals surface area contributed by atoms with Crippen molar-refractivity contribution in [1.29, 1.82) is 0 Å². The number of piperazine rings is 1. The van der Waals surface area contributed by atoms with Gasteiger partial charge in [0, 0.05) is 45.3 Å². The number of likely N-dealkylation sites (tertiary alicyclic amines) is 1. The highest BCUT2D eigenvalue weighted by molar-refractivity contribution is 4.89. The van der Waals surface area contributed by atoms with Crippen LogP contribution in [0.3, 0.4) is 0 Å². The molecule has 3 heteroatoms. The summed E-state index contributed by atoms with van der Waals surface area (Å²) in [6.07, 6.45) is 4.13. The van der Waals surface area contributed by atoms with Crippen molar-refractivity contribution in [2.45, 2.75) is 32.2 Å². The van der Waals surface area contributed by atoms with Crippen molar-refractivity contribution in [3.63, 3.8) is 0 Å². The quantitative estimate of drug-likeness (QED) is 0.678. The smallest absolute Gasteiger partial charge is 0.0351 e. The third kappa shape index (κ3) is 3.16. The van der Waals surface area contributed by atoms with E-state index in [-0.39, 0.29) is 0 Å². The summed E-state index contributed by atoms with van der Waals surface area (Å²) in [5.41, 5.74) is 0. The van der Waals surface area contributed by atoms with E-state index < -0.39 is 0 Å². The largest absolute Gasteiger partial charge is 0.314 e. The SMILES string of the molecule is CCCCCN1CC(N2CCNCC2)C1. The van der Waals surface area contributed by atoms with Crippen LogP contribution in [0.4, 0.5) is 0 Å². The molecule has 0 amide bonds. The van der Waals surface area contributed by atoms with Gasteiger partial charge in [0.15, 0.2) is 0 Å². The Bertz CT molecular complexity index is 172. The number of rotatable bonds is 5. The highest BCUT2D eigenvalue weighted by Gasteiger charge is 2.31. The van der Waals surface area contributed by atoms with Crippen molar-refractivity contribution in [3.8, 4) is 0 Å². The van der Waals surface area contributed by atoms with Gasteiger partial charge in [0.2, 0.25) is 0 Å². The van der Waals surface area contributed by atoms with E-state index in [0.29, 0.717) is 0 Å². The molecule has 0 aliphatic carbocycles. The fraction of sp³-hybridized carbons (Fsp3) is 1.00. The topological polar surface area (TPSA) is 18.5 Å². The van der Waals surface area contributed by atoms with E-state index in [0.717, 1.165) is 6.04 Å². The molecule has 2 fully saturated rings. The van der Waals surface area contributed by atoms with Gasteiger partial charge in [-0.25, -0.2) is 0 Å². The minimum atomic E-state index is 0.869. The van der Waals surface area contributed by atoms with Crippen molar-refractivity contribution in [2.24, 2.45) is 0 Å². The number of nitrogens with one attached hydrogen (secondary N) is 1. The van der Waals surface area contributed by atoms with Gasteiger partial charge in [-0.05, 0) is 13.0 Å². The Hall–Kier alpha value is -0.120. The predicted molar refractivity (Wildman–Crippen MR) is 64.2 cm³/mol. The second kappa shape index (κ2) is 5.83. The molecule has 0 atom stereocenters. The Balaban J connectivity index is 1.56. The monoisotopic (exact) mass is 211 g/mol. The first-order valence-electron chi connectivity index (χ1n) is 6.57. The van der Waals surface area contributed by atoms with Gasteiger partial charge in [-0.15, -0.1) is 0 Å². The summed E-state index contributed by atoms with van der Waals surface area (Å²) in [7, 11) is 0. The van der Waals surface area contributed by atoms with Crippen molar-refractivity contribution in [2.75, 3.05) is 45.8 Å². The molecule has 0 saturated carbocycles. The maximum Gasteiger partial charge on any atom is 0.0351 e. The van der Waals surface area contributed by atoms with E-state index in [4.69, 9.17) is 0 Å². The lowest BCUT2D eigenvalue weighted by Gasteiger charge is -2.47. The van der Waals surface area contributed by atoms with Gasteiger partial charge >= 0.3 is 0 Å². The lowest BCUT2D eigenvalue weighted by Crippen LogP contribution is -2.62. The third-order valence-corrected chi connectivity index (χ3v) is 3.68. The zero-order valence-electron chi connectivity index (χ0n) is 10.0. The van der Waals surface area contributed by atoms with Gasteiger partial charge < -0.3 is 10.2 Å². The van der Waals surface area contributed by atoms with Crippen LogP contribution in [0.15, 0.2) is 0 Å². The lowest BCUT2D eigenvalue weighted by molar-refractivity contribution is 0.0265. The maximum absolute atomic E-state index is 3.42. The van der Waals surface area contributed by atoms with Gasteiger partial charge in [-0.1, -0.05) is 19.8 Å². The molecule has 0 spiro atoms. The van der Waals surface area contributed by atoms with E-state index in [2.05, 4.69) is 22.0 Å². The second-order valence-electron chi connectivity index (χ2n) is 4.91. The van der Waals surface area contributed by atoms with E-state index in [1.165, 1.54) is 65.1 Å². The minimum Gasteiger partial charge on any atom is -0.314 e. The average molecular weight is 211 g/mol. The van der Waals surface area contributed by atoms with Crippen LogP contribution in [0.25, 0.3) is 0 Å². The number of hydrogen-bond donors (Lipinski definition) is 1. The zero-order chi connectivity index (χ0) is 10.5. The molecule has 0 radical (unpaired) electrons. The molecule has 2 saturated heterocycles. The number of hydrogen-bond acceptors (Lipinski definition) is 3. The average Bonchev–Trinajstić information content (AvgIpc) is 2.23. The normalized spacial score (nSPS) is 25.4. The Kier molecular flexibility index (Phi) is 4.42. The first kappa shape index (κ1) is 11.4. The first-order chi connectivity index (χ1) is 7.40. The van der Waals surface area contributed by atoms with Crippen LogP contribution < -0.4 is 5.32 Å². The molecule has 88 valence electrons. The maximum atomic E-state index is 3.42. The Morgan fingerprint density at radius 1 is 1.13 bits per heavy atom. The van der Waals surface area contributed by atoms with Crippen LogP contribution in [0.2, 0.25) is 0 Å². The molecular weight excluding hydrogens is 186 g/mol. The summed E-state index contributed by atoms with van der Waals surface area (Å²) in [6, 6.07) is 0.869. The highest BCUT2D eigenvalue weighted by Crippen LogP contribution is 2.16. The molecule has 0 aromatic rings. The summed E-state index contributed by atoms with van der Waals surface area (Å²) in [6.45, 7) is 11.1. The Morgan fingerprint density at radius 3 is 2.53 bits per heavy atom. The van der Waals surface area contributed by atoms with Gasteiger partial charge in [0.05, 0.1) is 0 Å². The van der Waals surface area contributed by atoms with E-state index in [1.54, 1.807) is 0 Å². The number of unbranched alkanes of at least 4 members (excludes halogenated alkanes) is 2. The Morgan fingerprint density at radius 2 is 1.87 bits per heavy atom. The summed E-state index contributed by atoms with van der Waals surface area (Å²) in [5.74, 6) is 0. The molecule has 0 unspecified atom stereocenters. The summed E-state index contributed by atoms with van der Waals surface area (Å²) in [5, 5.41) is 3.42. The molecule has 2 heterocycles. The van der Waals surface area contributed by atoms with Gasteiger partial charge in [0.1, 0.15) is 0 Å². The minimum absolute atomic E-state index is 0.869. The predicted octanol–water partition coefficient (Wildman–Crippen LogP) is 0.766. The van der Waals surface area contributed by atoms with Gasteiger partial charge in [-0.3, -0.25) is 4.90 Å². The van der Waals surface area contributed by atoms with Crippen LogP contribution in [0.1, 0.15) is 26.2 Å². The summed E-state index contributed by atoms with van der Waals surface area (Å²) < 4.78 is 0. The van der Waals surface area contributed by atoms with Crippen molar-refractivity contribution >= 4 is 0 Å². The molecule has 2 aliphatic rings. The molecule has 1 N–H and O–H groups in total. The van der Waals surface area contributed by atoms with Gasteiger partial charge in [-0.2, -0.15) is 0 Å². The molecular formula is C12H25N3. The molecule has 2 rings (SSSR count). The summed E-state index contributed by atoms with van der Waals surface area (Å²) >= 11 is 0. The van der Waals surface area contributed by atoms with Crippen LogP contribution >= 0.6 is 0 Å².